The largest absolute Gasteiger partial charge is 0.378 e. The van der Waals surface area contributed by atoms with Crippen molar-refractivity contribution in [2.45, 2.75) is 12.5 Å². The number of thioether (sulfide) groups is 1. The van der Waals surface area contributed by atoms with Crippen molar-refractivity contribution in [1.82, 2.24) is 10.2 Å². The zero-order valence-electron chi connectivity index (χ0n) is 14.2. The van der Waals surface area contributed by atoms with E-state index in [1.54, 1.807) is 0 Å². The van der Waals surface area contributed by atoms with E-state index < -0.39 is 0 Å². The molecule has 1 amide bonds. The van der Waals surface area contributed by atoms with Gasteiger partial charge in [-0.2, -0.15) is 11.8 Å². The van der Waals surface area contributed by atoms with E-state index in [4.69, 9.17) is 4.74 Å². The number of amides is 1. The number of carbonyl (C=O) groups excluding carboxylic acids is 1. The summed E-state index contributed by atoms with van der Waals surface area (Å²) in [6.45, 7) is 5.37. The van der Waals surface area contributed by atoms with Crippen molar-refractivity contribution in [2.75, 3.05) is 56.2 Å². The minimum atomic E-state index is -0.250. The number of anilines is 1. The maximum absolute atomic E-state index is 12.1. The lowest BCUT2D eigenvalue weighted by atomic mass is 10.1. The molecule has 0 radical (unpaired) electrons. The lowest BCUT2D eigenvalue weighted by Crippen LogP contribution is -2.48. The summed E-state index contributed by atoms with van der Waals surface area (Å²) in [6, 6.07) is 7.95. The van der Waals surface area contributed by atoms with Gasteiger partial charge in [-0.15, -0.1) is 24.8 Å². The Morgan fingerprint density at radius 2 is 1.96 bits per heavy atom. The van der Waals surface area contributed by atoms with Gasteiger partial charge in [-0.3, -0.25) is 4.79 Å². The molecule has 8 heteroatoms. The Balaban J connectivity index is 0.00000156. The third-order valence-electron chi connectivity index (χ3n) is 4.28. The molecule has 1 unspecified atom stereocenters. The fourth-order valence-corrected chi connectivity index (χ4v) is 3.81. The topological polar surface area (TPSA) is 53.6 Å². The standard InChI is InChI=1S/C17H25N3O2S.2ClH/c21-17(16-13-22-10-6-18-16)19-15-3-1-14(2-4-15)5-7-20-8-11-23-12-9-20;;/h1-4,16,18H,5-13H2,(H,19,21);2*1H. The highest BCUT2D eigenvalue weighted by Gasteiger charge is 2.21. The zero-order valence-corrected chi connectivity index (χ0v) is 16.7. The molecular weight excluding hydrogens is 381 g/mol. The summed E-state index contributed by atoms with van der Waals surface area (Å²) in [5, 5.41) is 6.11. The predicted molar refractivity (Wildman–Crippen MR) is 110 cm³/mol. The van der Waals surface area contributed by atoms with E-state index in [0.29, 0.717) is 13.2 Å². The van der Waals surface area contributed by atoms with Crippen LogP contribution in [0.3, 0.4) is 0 Å². The molecule has 0 aliphatic carbocycles. The number of benzene rings is 1. The highest BCUT2D eigenvalue weighted by atomic mass is 35.5. The second-order valence-electron chi connectivity index (χ2n) is 5.97. The van der Waals surface area contributed by atoms with E-state index in [1.807, 2.05) is 23.9 Å². The first-order chi connectivity index (χ1) is 11.3. The third kappa shape index (κ3) is 7.33. The number of nitrogens with zero attached hydrogens (tertiary/aromatic N) is 1. The Kier molecular flexibility index (Phi) is 10.8. The normalized spacial score (nSPS) is 20.9. The van der Waals surface area contributed by atoms with Crippen LogP contribution in [0.15, 0.2) is 24.3 Å². The molecule has 1 aromatic rings. The molecule has 2 aliphatic rings. The maximum atomic E-state index is 12.1. The fraction of sp³-hybridized carbons (Fsp3) is 0.588. The van der Waals surface area contributed by atoms with E-state index in [2.05, 4.69) is 27.7 Å². The van der Waals surface area contributed by atoms with Crippen LogP contribution in [-0.2, 0) is 16.0 Å². The van der Waals surface area contributed by atoms with E-state index in [-0.39, 0.29) is 36.8 Å². The Hall–Kier alpha value is -0.500. The molecule has 25 heavy (non-hydrogen) atoms. The van der Waals surface area contributed by atoms with Gasteiger partial charge in [0.25, 0.3) is 0 Å². The molecule has 0 saturated carbocycles. The molecule has 0 spiro atoms. The summed E-state index contributed by atoms with van der Waals surface area (Å²) in [4.78, 5) is 14.7. The number of rotatable bonds is 5. The Morgan fingerprint density at radius 3 is 2.60 bits per heavy atom. The minimum absolute atomic E-state index is 0. The number of morpholine rings is 1. The summed E-state index contributed by atoms with van der Waals surface area (Å²) in [5.41, 5.74) is 2.17. The zero-order chi connectivity index (χ0) is 15.9. The molecule has 1 atom stereocenters. The number of halogens is 2. The van der Waals surface area contributed by atoms with Gasteiger partial charge >= 0.3 is 0 Å². The lowest BCUT2D eigenvalue weighted by Gasteiger charge is -2.26. The molecule has 2 N–H and O–H groups in total. The first-order valence-corrected chi connectivity index (χ1v) is 9.48. The fourth-order valence-electron chi connectivity index (χ4n) is 2.83. The molecule has 2 heterocycles. The summed E-state index contributed by atoms with van der Waals surface area (Å²) < 4.78 is 5.32. The van der Waals surface area contributed by atoms with Gasteiger partial charge in [-0.1, -0.05) is 12.1 Å². The number of hydrogen-bond acceptors (Lipinski definition) is 5. The predicted octanol–water partition coefficient (Wildman–Crippen LogP) is 2.05. The second kappa shape index (κ2) is 12.0. The molecule has 1 aromatic carbocycles. The maximum Gasteiger partial charge on any atom is 0.243 e. The molecule has 5 nitrogen and oxygen atoms in total. The van der Waals surface area contributed by atoms with Crippen molar-refractivity contribution in [2.24, 2.45) is 0 Å². The van der Waals surface area contributed by atoms with E-state index in [0.717, 1.165) is 25.2 Å². The van der Waals surface area contributed by atoms with Crippen LogP contribution in [0.2, 0.25) is 0 Å². The first-order valence-electron chi connectivity index (χ1n) is 8.32. The van der Waals surface area contributed by atoms with Crippen molar-refractivity contribution in [3.05, 3.63) is 29.8 Å². The second-order valence-corrected chi connectivity index (χ2v) is 7.20. The average molecular weight is 408 g/mol. The number of ether oxygens (including phenoxy) is 1. The van der Waals surface area contributed by atoms with Crippen LogP contribution in [0.1, 0.15) is 5.56 Å². The van der Waals surface area contributed by atoms with Crippen molar-refractivity contribution in [3.8, 4) is 0 Å². The molecule has 0 aromatic heterocycles. The van der Waals surface area contributed by atoms with Gasteiger partial charge in [0.2, 0.25) is 5.91 Å². The van der Waals surface area contributed by atoms with Crippen molar-refractivity contribution >= 4 is 48.2 Å². The van der Waals surface area contributed by atoms with Gasteiger partial charge < -0.3 is 20.3 Å². The van der Waals surface area contributed by atoms with Crippen LogP contribution in [-0.4, -0.2) is 67.7 Å². The monoisotopic (exact) mass is 407 g/mol. The van der Waals surface area contributed by atoms with Crippen molar-refractivity contribution in [1.29, 1.82) is 0 Å². The van der Waals surface area contributed by atoms with E-state index >= 15 is 0 Å². The molecule has 3 rings (SSSR count). The van der Waals surface area contributed by atoms with Gasteiger partial charge in [-0.25, -0.2) is 0 Å². The van der Waals surface area contributed by atoms with E-state index in [1.165, 1.54) is 30.2 Å². The Bertz CT molecular complexity index is 507. The minimum Gasteiger partial charge on any atom is -0.378 e. The van der Waals surface area contributed by atoms with Gasteiger partial charge in [0.1, 0.15) is 6.04 Å². The smallest absolute Gasteiger partial charge is 0.243 e. The Morgan fingerprint density at radius 1 is 1.24 bits per heavy atom. The quantitative estimate of drug-likeness (QED) is 0.781. The number of hydrogen-bond donors (Lipinski definition) is 2. The third-order valence-corrected chi connectivity index (χ3v) is 5.22. The van der Waals surface area contributed by atoms with Gasteiger partial charge in [-0.05, 0) is 24.1 Å². The summed E-state index contributed by atoms with van der Waals surface area (Å²) in [5.74, 6) is 2.48. The van der Waals surface area contributed by atoms with Crippen molar-refractivity contribution < 1.29 is 9.53 Å². The van der Waals surface area contributed by atoms with Crippen LogP contribution in [0.25, 0.3) is 0 Å². The van der Waals surface area contributed by atoms with Crippen LogP contribution < -0.4 is 10.6 Å². The Labute approximate surface area is 166 Å². The molecule has 2 aliphatic heterocycles. The highest BCUT2D eigenvalue weighted by molar-refractivity contribution is 7.99. The van der Waals surface area contributed by atoms with Gasteiger partial charge in [0, 0.05) is 43.4 Å². The van der Waals surface area contributed by atoms with E-state index in [9.17, 15) is 4.79 Å². The lowest BCUT2D eigenvalue weighted by molar-refractivity contribution is -0.120. The van der Waals surface area contributed by atoms with Gasteiger partial charge in [0.05, 0.1) is 13.2 Å². The number of carbonyl (C=O) groups is 1. The summed E-state index contributed by atoms with van der Waals surface area (Å²) in [6.07, 6.45) is 1.07. The van der Waals surface area contributed by atoms with Gasteiger partial charge in [0.15, 0.2) is 0 Å². The molecule has 2 saturated heterocycles. The molecule has 2 fully saturated rings. The SMILES string of the molecule is Cl.Cl.O=C(Nc1ccc(CCN2CCSCC2)cc1)C1COCCN1. The summed E-state index contributed by atoms with van der Waals surface area (Å²) in [7, 11) is 0. The molecule has 142 valence electrons. The number of nitrogens with one attached hydrogen (secondary N) is 2. The van der Waals surface area contributed by atoms with Crippen molar-refractivity contribution in [3.63, 3.8) is 0 Å². The average Bonchev–Trinajstić information content (AvgIpc) is 2.63. The van der Waals surface area contributed by atoms with Crippen LogP contribution in [0.5, 0.6) is 0 Å². The van der Waals surface area contributed by atoms with Crippen LogP contribution in [0.4, 0.5) is 5.69 Å². The molecule has 0 bridgehead atoms. The highest BCUT2D eigenvalue weighted by Crippen LogP contribution is 2.13. The first kappa shape index (κ1) is 22.5. The molecular formula is C17H27Cl2N3O2S. The summed E-state index contributed by atoms with van der Waals surface area (Å²) >= 11 is 2.04. The van der Waals surface area contributed by atoms with Crippen LogP contribution >= 0.6 is 36.6 Å². The van der Waals surface area contributed by atoms with Crippen LogP contribution in [0, 0.1) is 0 Å².